The highest BCUT2D eigenvalue weighted by Gasteiger charge is 2.22. The number of hydrogen-bond donors (Lipinski definition) is 0. The third-order valence-corrected chi connectivity index (χ3v) is 6.39. The SMILES string of the molecule is CCCCOC1COC(CCc2ccc3c(F)c(CCc4ccc(C#N)c(F)c4)ccc3c2)OC1. The fraction of sp³-hybridized carbons (Fsp3) is 0.414. The molecule has 1 aliphatic heterocycles. The summed E-state index contributed by atoms with van der Waals surface area (Å²) < 4.78 is 46.3. The van der Waals surface area contributed by atoms with Crippen molar-refractivity contribution >= 4 is 10.8 Å². The van der Waals surface area contributed by atoms with Gasteiger partial charge >= 0.3 is 0 Å². The summed E-state index contributed by atoms with van der Waals surface area (Å²) in [7, 11) is 0. The minimum absolute atomic E-state index is 0.00609. The van der Waals surface area contributed by atoms with Crippen LogP contribution in [0.3, 0.4) is 0 Å². The Balaban J connectivity index is 1.32. The number of unbranched alkanes of at least 4 members (excludes halogenated alkanes) is 1. The first-order valence-corrected chi connectivity index (χ1v) is 12.3. The van der Waals surface area contributed by atoms with Crippen molar-refractivity contribution in [1.29, 1.82) is 5.26 Å². The first kappa shape index (κ1) is 25.2. The van der Waals surface area contributed by atoms with Crippen molar-refractivity contribution in [2.45, 2.75) is 57.8 Å². The van der Waals surface area contributed by atoms with E-state index < -0.39 is 5.82 Å². The quantitative estimate of drug-likeness (QED) is 0.322. The minimum Gasteiger partial charge on any atom is -0.373 e. The second-order valence-electron chi connectivity index (χ2n) is 9.00. The summed E-state index contributed by atoms with van der Waals surface area (Å²) in [6, 6.07) is 15.9. The van der Waals surface area contributed by atoms with Crippen molar-refractivity contribution in [1.82, 2.24) is 0 Å². The second-order valence-corrected chi connectivity index (χ2v) is 9.00. The summed E-state index contributed by atoms with van der Waals surface area (Å²) in [6.45, 7) is 3.97. The van der Waals surface area contributed by atoms with Crippen molar-refractivity contribution in [3.63, 3.8) is 0 Å². The molecule has 0 bridgehead atoms. The van der Waals surface area contributed by atoms with Gasteiger partial charge in [0.15, 0.2) is 6.29 Å². The van der Waals surface area contributed by atoms with Crippen molar-refractivity contribution in [2.75, 3.05) is 19.8 Å². The van der Waals surface area contributed by atoms with Crippen molar-refractivity contribution in [3.05, 3.63) is 82.4 Å². The second kappa shape index (κ2) is 12.2. The molecule has 184 valence electrons. The smallest absolute Gasteiger partial charge is 0.158 e. The first-order valence-electron chi connectivity index (χ1n) is 12.3. The largest absolute Gasteiger partial charge is 0.373 e. The lowest BCUT2D eigenvalue weighted by Crippen LogP contribution is -2.37. The van der Waals surface area contributed by atoms with Crippen molar-refractivity contribution in [2.24, 2.45) is 0 Å². The van der Waals surface area contributed by atoms with Gasteiger partial charge in [-0.2, -0.15) is 5.26 Å². The fourth-order valence-electron chi connectivity index (χ4n) is 4.29. The van der Waals surface area contributed by atoms with Gasteiger partial charge in [-0.1, -0.05) is 49.7 Å². The predicted molar refractivity (Wildman–Crippen MR) is 131 cm³/mol. The van der Waals surface area contributed by atoms with Gasteiger partial charge in [0.2, 0.25) is 0 Å². The van der Waals surface area contributed by atoms with Crippen LogP contribution in [0, 0.1) is 23.0 Å². The van der Waals surface area contributed by atoms with Gasteiger partial charge < -0.3 is 14.2 Å². The van der Waals surface area contributed by atoms with E-state index in [0.29, 0.717) is 37.0 Å². The van der Waals surface area contributed by atoms with Crippen LogP contribution in [0.4, 0.5) is 8.78 Å². The standard InChI is InChI=1S/C29H31F2NO3/c1-2-3-14-33-25-18-34-28(35-19-25)13-7-20-6-12-26-23(15-20)11-10-22(29(26)31)8-4-21-5-9-24(17-32)27(30)16-21/h5-6,9-12,15-16,25,28H,2-4,7-8,13-14,18-19H2,1H3. The molecule has 0 saturated carbocycles. The van der Waals surface area contributed by atoms with E-state index >= 15 is 4.39 Å². The maximum atomic E-state index is 15.2. The topological polar surface area (TPSA) is 51.5 Å². The molecule has 0 spiro atoms. The highest BCUT2D eigenvalue weighted by atomic mass is 19.1. The van der Waals surface area contributed by atoms with E-state index in [4.69, 9.17) is 19.5 Å². The molecule has 0 aliphatic carbocycles. The van der Waals surface area contributed by atoms with Crippen LogP contribution in [0.1, 0.15) is 48.4 Å². The Morgan fingerprint density at radius 1 is 0.971 bits per heavy atom. The normalized spacial score (nSPS) is 18.0. The molecule has 1 heterocycles. The van der Waals surface area contributed by atoms with Crippen LogP contribution in [0.5, 0.6) is 0 Å². The molecule has 6 heteroatoms. The van der Waals surface area contributed by atoms with Crippen molar-refractivity contribution < 1.29 is 23.0 Å². The average molecular weight is 480 g/mol. The van der Waals surface area contributed by atoms with Gasteiger partial charge in [0.05, 0.1) is 18.8 Å². The van der Waals surface area contributed by atoms with Crippen LogP contribution in [-0.4, -0.2) is 32.2 Å². The molecule has 0 unspecified atom stereocenters. The number of nitriles is 1. The number of rotatable bonds is 10. The molecular formula is C29H31F2NO3. The maximum Gasteiger partial charge on any atom is 0.158 e. The average Bonchev–Trinajstić information content (AvgIpc) is 2.88. The molecule has 0 radical (unpaired) electrons. The number of nitrogens with zero attached hydrogens (tertiary/aromatic N) is 1. The number of halogens is 2. The fourth-order valence-corrected chi connectivity index (χ4v) is 4.29. The summed E-state index contributed by atoms with van der Waals surface area (Å²) in [5.74, 6) is -0.781. The number of benzene rings is 3. The highest BCUT2D eigenvalue weighted by Crippen LogP contribution is 2.25. The molecule has 0 aromatic heterocycles. The molecule has 35 heavy (non-hydrogen) atoms. The molecule has 0 N–H and O–H groups in total. The van der Waals surface area contributed by atoms with E-state index in [-0.39, 0.29) is 23.8 Å². The Kier molecular flexibility index (Phi) is 8.81. The Hall–Kier alpha value is -2.85. The first-order chi connectivity index (χ1) is 17.1. The molecule has 1 saturated heterocycles. The van der Waals surface area contributed by atoms with Gasteiger partial charge in [0, 0.05) is 18.4 Å². The van der Waals surface area contributed by atoms with Crippen LogP contribution in [-0.2, 0) is 33.5 Å². The van der Waals surface area contributed by atoms with Crippen LogP contribution in [0.25, 0.3) is 10.8 Å². The zero-order chi connectivity index (χ0) is 24.6. The van der Waals surface area contributed by atoms with Gasteiger partial charge in [-0.15, -0.1) is 0 Å². The van der Waals surface area contributed by atoms with E-state index in [0.717, 1.165) is 48.8 Å². The van der Waals surface area contributed by atoms with Gasteiger partial charge in [0.1, 0.15) is 23.8 Å². The lowest BCUT2D eigenvalue weighted by atomic mass is 9.98. The van der Waals surface area contributed by atoms with Crippen LogP contribution in [0.15, 0.2) is 48.5 Å². The van der Waals surface area contributed by atoms with Crippen LogP contribution in [0.2, 0.25) is 0 Å². The molecule has 1 aliphatic rings. The molecule has 0 amide bonds. The summed E-state index contributed by atoms with van der Waals surface area (Å²) >= 11 is 0. The maximum absolute atomic E-state index is 15.2. The molecule has 4 rings (SSSR count). The van der Waals surface area contributed by atoms with E-state index in [1.807, 2.05) is 30.3 Å². The van der Waals surface area contributed by atoms with Gasteiger partial charge in [-0.05, 0) is 59.9 Å². The Morgan fingerprint density at radius 3 is 2.49 bits per heavy atom. The summed E-state index contributed by atoms with van der Waals surface area (Å²) in [5, 5.41) is 10.3. The van der Waals surface area contributed by atoms with E-state index in [2.05, 4.69) is 6.92 Å². The Labute approximate surface area is 205 Å². The molecular weight excluding hydrogens is 448 g/mol. The van der Waals surface area contributed by atoms with E-state index in [1.54, 1.807) is 12.1 Å². The Morgan fingerprint density at radius 2 is 1.74 bits per heavy atom. The van der Waals surface area contributed by atoms with Crippen LogP contribution < -0.4 is 0 Å². The molecule has 4 nitrogen and oxygen atoms in total. The third-order valence-electron chi connectivity index (χ3n) is 6.39. The summed E-state index contributed by atoms with van der Waals surface area (Å²) in [4.78, 5) is 0. The zero-order valence-corrected chi connectivity index (χ0v) is 20.1. The molecule has 3 aromatic rings. The number of hydrogen-bond acceptors (Lipinski definition) is 4. The van der Waals surface area contributed by atoms with Crippen LogP contribution >= 0.6 is 0 Å². The molecule has 0 atom stereocenters. The minimum atomic E-state index is -0.541. The predicted octanol–water partition coefficient (Wildman–Crippen LogP) is 6.27. The number of ether oxygens (including phenoxy) is 3. The zero-order valence-electron chi connectivity index (χ0n) is 20.1. The lowest BCUT2D eigenvalue weighted by molar-refractivity contribution is -0.227. The lowest BCUT2D eigenvalue weighted by Gasteiger charge is -2.29. The third kappa shape index (κ3) is 6.64. The van der Waals surface area contributed by atoms with E-state index in [1.165, 1.54) is 12.1 Å². The summed E-state index contributed by atoms with van der Waals surface area (Å²) in [5.41, 5.74) is 2.45. The number of aryl methyl sites for hydroxylation is 3. The van der Waals surface area contributed by atoms with Gasteiger partial charge in [0.25, 0.3) is 0 Å². The van der Waals surface area contributed by atoms with Gasteiger partial charge in [-0.3, -0.25) is 0 Å². The van der Waals surface area contributed by atoms with Crippen molar-refractivity contribution in [3.8, 4) is 6.07 Å². The van der Waals surface area contributed by atoms with E-state index in [9.17, 15) is 4.39 Å². The Bertz CT molecular complexity index is 1180. The monoisotopic (exact) mass is 479 g/mol. The molecule has 3 aromatic carbocycles. The highest BCUT2D eigenvalue weighted by molar-refractivity contribution is 5.84. The van der Waals surface area contributed by atoms with Gasteiger partial charge in [-0.25, -0.2) is 8.78 Å². The molecule has 1 fully saturated rings. The summed E-state index contributed by atoms with van der Waals surface area (Å²) in [6.07, 6.45) is 4.36. The number of fused-ring (bicyclic) bond motifs is 1.